The third-order valence-corrected chi connectivity index (χ3v) is 6.07. The van der Waals surface area contributed by atoms with Gasteiger partial charge in [-0.2, -0.15) is 0 Å². The Hall–Kier alpha value is -2.51. The van der Waals surface area contributed by atoms with Crippen molar-refractivity contribution in [1.29, 1.82) is 0 Å². The number of hydrogen-bond acceptors (Lipinski definition) is 7. The number of aryl methyl sites for hydroxylation is 1. The standard InChI is InChI=1S/C25H29ClN2O4S/c1-8-33-24-14(3)21(29)17-12-13(2)11-16(22(17)31-24)15(4)27-18-9-10-19(26)28-20(18)23(30)32-25(5,6)7/h9-12,15,27H,8H2,1-7H3/t15-/m1/s1. The summed E-state index contributed by atoms with van der Waals surface area (Å²) in [6.07, 6.45) is 0. The number of esters is 1. The number of carbonyl (C=O) groups is 1. The summed E-state index contributed by atoms with van der Waals surface area (Å²) in [6.45, 7) is 13.1. The second-order valence-corrected chi connectivity index (χ2v) is 10.5. The van der Waals surface area contributed by atoms with Crippen molar-refractivity contribution in [3.8, 4) is 0 Å². The molecule has 0 bridgehead atoms. The summed E-state index contributed by atoms with van der Waals surface area (Å²) in [5.74, 6) is 0.220. The molecule has 0 spiro atoms. The van der Waals surface area contributed by atoms with Crippen molar-refractivity contribution in [2.75, 3.05) is 11.1 Å². The molecule has 0 fully saturated rings. The van der Waals surface area contributed by atoms with Crippen LogP contribution in [0.5, 0.6) is 0 Å². The van der Waals surface area contributed by atoms with E-state index in [1.807, 2.05) is 32.9 Å². The largest absolute Gasteiger partial charge is 0.455 e. The van der Waals surface area contributed by atoms with Crippen LogP contribution in [0.25, 0.3) is 11.0 Å². The van der Waals surface area contributed by atoms with Crippen LogP contribution in [-0.2, 0) is 4.74 Å². The molecule has 0 aliphatic carbocycles. The fraction of sp³-hybridized carbons (Fsp3) is 0.400. The van der Waals surface area contributed by atoms with Gasteiger partial charge in [-0.05, 0) is 71.1 Å². The molecule has 1 N–H and O–H groups in total. The maximum atomic E-state index is 13.0. The highest BCUT2D eigenvalue weighted by molar-refractivity contribution is 7.99. The van der Waals surface area contributed by atoms with Gasteiger partial charge in [-0.1, -0.05) is 36.4 Å². The van der Waals surface area contributed by atoms with Crippen LogP contribution in [0.2, 0.25) is 5.15 Å². The van der Waals surface area contributed by atoms with E-state index in [2.05, 4.69) is 10.3 Å². The zero-order valence-electron chi connectivity index (χ0n) is 20.0. The first-order valence-corrected chi connectivity index (χ1v) is 12.1. The van der Waals surface area contributed by atoms with Gasteiger partial charge in [0, 0.05) is 11.1 Å². The van der Waals surface area contributed by atoms with Crippen molar-refractivity contribution < 1.29 is 13.9 Å². The van der Waals surface area contributed by atoms with Crippen LogP contribution in [0.15, 0.2) is 38.6 Å². The zero-order chi connectivity index (χ0) is 24.5. The minimum atomic E-state index is -0.675. The van der Waals surface area contributed by atoms with Gasteiger partial charge in [0.25, 0.3) is 0 Å². The Morgan fingerprint density at radius 1 is 1.27 bits per heavy atom. The molecule has 3 rings (SSSR count). The van der Waals surface area contributed by atoms with Crippen LogP contribution < -0.4 is 10.7 Å². The normalized spacial score (nSPS) is 12.6. The van der Waals surface area contributed by atoms with Crippen LogP contribution in [0, 0.1) is 13.8 Å². The maximum Gasteiger partial charge on any atom is 0.359 e. The lowest BCUT2D eigenvalue weighted by atomic mass is 10.0. The molecule has 1 atom stereocenters. The Morgan fingerprint density at radius 2 is 1.97 bits per heavy atom. The molecule has 1 aromatic carbocycles. The van der Waals surface area contributed by atoms with Crippen molar-refractivity contribution in [3.63, 3.8) is 0 Å². The van der Waals surface area contributed by atoms with Crippen LogP contribution in [-0.4, -0.2) is 22.3 Å². The fourth-order valence-corrected chi connectivity index (χ4v) is 4.34. The first-order valence-electron chi connectivity index (χ1n) is 10.8. The molecule has 2 heterocycles. The van der Waals surface area contributed by atoms with Crippen LogP contribution >= 0.6 is 23.4 Å². The molecular weight excluding hydrogens is 460 g/mol. The SMILES string of the molecule is CCSc1oc2c([C@@H](C)Nc3ccc(Cl)nc3C(=O)OC(C)(C)C)cc(C)cc2c(=O)c1C. The number of fused-ring (bicyclic) bond motifs is 1. The van der Waals surface area contributed by atoms with Gasteiger partial charge in [0.15, 0.2) is 16.2 Å². The van der Waals surface area contributed by atoms with E-state index in [-0.39, 0.29) is 22.3 Å². The molecule has 0 aliphatic heterocycles. The van der Waals surface area contributed by atoms with E-state index in [1.165, 1.54) is 11.8 Å². The number of rotatable bonds is 6. The minimum absolute atomic E-state index is 0.0352. The second-order valence-electron chi connectivity index (χ2n) is 8.91. The monoisotopic (exact) mass is 488 g/mol. The Bertz CT molecular complexity index is 1260. The number of thioether (sulfide) groups is 1. The van der Waals surface area contributed by atoms with Crippen LogP contribution in [0.4, 0.5) is 5.69 Å². The molecule has 6 nitrogen and oxygen atoms in total. The lowest BCUT2D eigenvalue weighted by molar-refractivity contribution is 0.00640. The summed E-state index contributed by atoms with van der Waals surface area (Å²) in [6, 6.07) is 6.83. The molecule has 2 aromatic heterocycles. The molecule has 0 unspecified atom stereocenters. The summed E-state index contributed by atoms with van der Waals surface area (Å²) in [7, 11) is 0. The summed E-state index contributed by atoms with van der Waals surface area (Å²) < 4.78 is 11.7. The number of halogens is 1. The maximum absolute atomic E-state index is 13.0. The number of ether oxygens (including phenoxy) is 1. The van der Waals surface area contributed by atoms with E-state index >= 15 is 0 Å². The topological polar surface area (TPSA) is 81.4 Å². The van der Waals surface area contributed by atoms with E-state index in [9.17, 15) is 9.59 Å². The number of carbonyl (C=O) groups excluding carboxylic acids is 1. The zero-order valence-corrected chi connectivity index (χ0v) is 21.5. The molecule has 0 radical (unpaired) electrons. The molecule has 8 heteroatoms. The number of hydrogen-bond donors (Lipinski definition) is 1. The lowest BCUT2D eigenvalue weighted by Crippen LogP contribution is -2.25. The van der Waals surface area contributed by atoms with Gasteiger partial charge in [0.05, 0.1) is 17.1 Å². The number of anilines is 1. The Balaban J connectivity index is 2.09. The van der Waals surface area contributed by atoms with Crippen molar-refractivity contribution in [1.82, 2.24) is 4.98 Å². The number of nitrogens with zero attached hydrogens (tertiary/aromatic N) is 1. The number of benzene rings is 1. The minimum Gasteiger partial charge on any atom is -0.455 e. The van der Waals surface area contributed by atoms with Gasteiger partial charge in [-0.15, -0.1) is 0 Å². The van der Waals surface area contributed by atoms with Crippen molar-refractivity contribution in [2.24, 2.45) is 0 Å². The predicted molar refractivity (Wildman–Crippen MR) is 135 cm³/mol. The van der Waals surface area contributed by atoms with Gasteiger partial charge >= 0.3 is 5.97 Å². The van der Waals surface area contributed by atoms with Gasteiger partial charge < -0.3 is 14.5 Å². The molecule has 3 aromatic rings. The number of nitrogens with one attached hydrogen (secondary N) is 1. The molecule has 176 valence electrons. The van der Waals surface area contributed by atoms with Crippen LogP contribution in [0.1, 0.15) is 67.8 Å². The van der Waals surface area contributed by atoms with Gasteiger partial charge in [-0.3, -0.25) is 4.79 Å². The van der Waals surface area contributed by atoms with E-state index in [0.717, 1.165) is 16.9 Å². The summed E-state index contributed by atoms with van der Waals surface area (Å²) >= 11 is 7.56. The lowest BCUT2D eigenvalue weighted by Gasteiger charge is -2.22. The van der Waals surface area contributed by atoms with E-state index < -0.39 is 11.6 Å². The van der Waals surface area contributed by atoms with Crippen molar-refractivity contribution >= 4 is 46.0 Å². The first kappa shape index (κ1) is 25.1. The highest BCUT2D eigenvalue weighted by Gasteiger charge is 2.24. The fourth-order valence-electron chi connectivity index (χ4n) is 3.48. The molecule has 33 heavy (non-hydrogen) atoms. The molecule has 0 amide bonds. The highest BCUT2D eigenvalue weighted by Crippen LogP contribution is 2.32. The van der Waals surface area contributed by atoms with Crippen LogP contribution in [0.3, 0.4) is 0 Å². The molecule has 0 saturated carbocycles. The van der Waals surface area contributed by atoms with E-state index in [4.69, 9.17) is 20.8 Å². The predicted octanol–water partition coefficient (Wildman–Crippen LogP) is 6.70. The van der Waals surface area contributed by atoms with Gasteiger partial charge in [0.2, 0.25) is 0 Å². The summed E-state index contributed by atoms with van der Waals surface area (Å²) in [5.41, 5.74) is 2.76. The third kappa shape index (κ3) is 5.71. The summed E-state index contributed by atoms with van der Waals surface area (Å²) in [4.78, 5) is 30.0. The molecule has 0 aliphatic rings. The average molecular weight is 489 g/mol. The Kier molecular flexibility index (Phi) is 7.44. The Morgan fingerprint density at radius 3 is 2.61 bits per heavy atom. The number of pyridine rings is 1. The quantitative estimate of drug-likeness (QED) is 0.235. The van der Waals surface area contributed by atoms with Gasteiger partial charge in [-0.25, -0.2) is 9.78 Å². The van der Waals surface area contributed by atoms with Crippen molar-refractivity contribution in [3.05, 3.63) is 62.0 Å². The van der Waals surface area contributed by atoms with E-state index in [1.54, 1.807) is 39.8 Å². The summed E-state index contributed by atoms with van der Waals surface area (Å²) in [5, 5.41) is 4.69. The van der Waals surface area contributed by atoms with E-state index in [0.29, 0.717) is 27.3 Å². The number of aromatic nitrogens is 1. The first-order chi connectivity index (χ1) is 15.4. The Labute approximate surface area is 203 Å². The molecule has 0 saturated heterocycles. The highest BCUT2D eigenvalue weighted by atomic mass is 35.5. The molecular formula is C25H29ClN2O4S. The van der Waals surface area contributed by atoms with Crippen molar-refractivity contribution in [2.45, 2.75) is 65.2 Å². The smallest absolute Gasteiger partial charge is 0.359 e. The third-order valence-electron chi connectivity index (χ3n) is 4.92. The van der Waals surface area contributed by atoms with Gasteiger partial charge in [0.1, 0.15) is 16.3 Å². The average Bonchev–Trinajstić information content (AvgIpc) is 2.72. The second kappa shape index (κ2) is 9.77.